The third-order valence-corrected chi connectivity index (χ3v) is 4.02. The number of esters is 1. The van der Waals surface area contributed by atoms with Crippen molar-refractivity contribution >= 4 is 11.7 Å². The van der Waals surface area contributed by atoms with Crippen LogP contribution in [0.15, 0.2) is 65.5 Å². The van der Waals surface area contributed by atoms with Crippen LogP contribution in [0.25, 0.3) is 5.69 Å². The summed E-state index contributed by atoms with van der Waals surface area (Å²) in [7, 11) is 1.60. The fourth-order valence-corrected chi connectivity index (χ4v) is 2.67. The third-order valence-electron chi connectivity index (χ3n) is 4.02. The van der Waals surface area contributed by atoms with Crippen LogP contribution in [0.5, 0.6) is 5.75 Å². The Balaban J connectivity index is 1.96. The molecule has 0 aliphatic rings. The van der Waals surface area contributed by atoms with Crippen LogP contribution in [0, 0.1) is 0 Å². The number of carbonyl (C=O) groups is 1. The van der Waals surface area contributed by atoms with E-state index in [1.54, 1.807) is 38.3 Å². The third kappa shape index (κ3) is 4.37. The molecular weight excluding hydrogens is 358 g/mol. The summed E-state index contributed by atoms with van der Waals surface area (Å²) in [5.41, 5.74) is 1.51. The zero-order valence-corrected chi connectivity index (χ0v) is 15.7. The molecule has 0 spiro atoms. The highest BCUT2D eigenvalue weighted by Gasteiger charge is 2.18. The number of hydrogen-bond donors (Lipinski definition) is 1. The standard InChI is InChI=1S/C21H21N3O4/c1-3-28-21(26)20-18(22-14-15-8-7-11-17(12-15)27-2)13-19(25)24(23-20)16-9-5-4-6-10-16/h4-13,22H,3,14H2,1-2H3. The molecular formula is C21H21N3O4. The summed E-state index contributed by atoms with van der Waals surface area (Å²) in [6, 6.07) is 17.8. The van der Waals surface area contributed by atoms with E-state index >= 15 is 0 Å². The first-order valence-corrected chi connectivity index (χ1v) is 8.86. The second-order valence-electron chi connectivity index (χ2n) is 5.92. The maximum atomic E-state index is 12.6. The molecule has 0 fully saturated rings. The Morgan fingerprint density at radius 2 is 1.89 bits per heavy atom. The number of benzene rings is 2. The van der Waals surface area contributed by atoms with E-state index in [2.05, 4.69) is 10.4 Å². The van der Waals surface area contributed by atoms with Crippen LogP contribution in [0.4, 0.5) is 5.69 Å². The lowest BCUT2D eigenvalue weighted by Crippen LogP contribution is -2.25. The highest BCUT2D eigenvalue weighted by molar-refractivity contribution is 5.93. The monoisotopic (exact) mass is 379 g/mol. The van der Waals surface area contributed by atoms with E-state index < -0.39 is 5.97 Å². The number of rotatable bonds is 7. The number of nitrogens with one attached hydrogen (secondary N) is 1. The van der Waals surface area contributed by atoms with E-state index in [-0.39, 0.29) is 17.9 Å². The van der Waals surface area contributed by atoms with Gasteiger partial charge in [0, 0.05) is 12.6 Å². The van der Waals surface area contributed by atoms with Crippen LogP contribution in [-0.2, 0) is 11.3 Å². The van der Waals surface area contributed by atoms with Crippen molar-refractivity contribution in [3.05, 3.63) is 82.3 Å². The van der Waals surface area contributed by atoms with Crippen molar-refractivity contribution in [3.63, 3.8) is 0 Å². The van der Waals surface area contributed by atoms with Crippen LogP contribution in [0.1, 0.15) is 23.0 Å². The molecule has 1 N–H and O–H groups in total. The maximum Gasteiger partial charge on any atom is 0.360 e. The van der Waals surface area contributed by atoms with Crippen molar-refractivity contribution < 1.29 is 14.3 Å². The van der Waals surface area contributed by atoms with Gasteiger partial charge in [-0.2, -0.15) is 9.78 Å². The van der Waals surface area contributed by atoms with Gasteiger partial charge < -0.3 is 14.8 Å². The number of anilines is 1. The summed E-state index contributed by atoms with van der Waals surface area (Å²) in [6.07, 6.45) is 0. The fraction of sp³-hybridized carbons (Fsp3) is 0.190. The Labute approximate surface area is 162 Å². The minimum atomic E-state index is -0.597. The lowest BCUT2D eigenvalue weighted by Gasteiger charge is -2.13. The smallest absolute Gasteiger partial charge is 0.360 e. The Hall–Kier alpha value is -3.61. The molecule has 0 saturated carbocycles. The molecule has 1 aromatic heterocycles. The van der Waals surface area contributed by atoms with Gasteiger partial charge in [-0.15, -0.1) is 0 Å². The number of nitrogens with zero attached hydrogens (tertiary/aromatic N) is 2. The maximum absolute atomic E-state index is 12.6. The molecule has 0 aliphatic carbocycles. The van der Waals surface area contributed by atoms with Gasteiger partial charge in [0.15, 0.2) is 5.69 Å². The molecule has 0 radical (unpaired) electrons. The molecule has 3 rings (SSSR count). The largest absolute Gasteiger partial charge is 0.497 e. The number of para-hydroxylation sites is 1. The summed E-state index contributed by atoms with van der Waals surface area (Å²) in [6.45, 7) is 2.31. The topological polar surface area (TPSA) is 82.5 Å². The fourth-order valence-electron chi connectivity index (χ4n) is 2.67. The van der Waals surface area contributed by atoms with Gasteiger partial charge in [0.2, 0.25) is 0 Å². The highest BCUT2D eigenvalue weighted by atomic mass is 16.5. The van der Waals surface area contributed by atoms with Gasteiger partial charge in [0.1, 0.15) is 5.75 Å². The minimum absolute atomic E-state index is 0.0493. The van der Waals surface area contributed by atoms with E-state index in [1.165, 1.54) is 10.7 Å². The van der Waals surface area contributed by atoms with Crippen LogP contribution in [0.2, 0.25) is 0 Å². The summed E-state index contributed by atoms with van der Waals surface area (Å²) < 4.78 is 11.5. The van der Waals surface area contributed by atoms with Gasteiger partial charge in [-0.25, -0.2) is 4.79 Å². The van der Waals surface area contributed by atoms with Gasteiger partial charge in [-0.3, -0.25) is 4.79 Å². The van der Waals surface area contributed by atoms with Crippen molar-refractivity contribution in [3.8, 4) is 11.4 Å². The van der Waals surface area contributed by atoms with Gasteiger partial charge in [0.25, 0.3) is 5.56 Å². The molecule has 1 heterocycles. The number of methoxy groups -OCH3 is 1. The summed E-state index contributed by atoms with van der Waals surface area (Å²) in [4.78, 5) is 25.0. The summed E-state index contributed by atoms with van der Waals surface area (Å²) in [5, 5.41) is 7.36. The SMILES string of the molecule is CCOC(=O)c1nn(-c2ccccc2)c(=O)cc1NCc1cccc(OC)c1. The molecule has 3 aromatic rings. The Bertz CT molecular complexity index is 1020. The summed E-state index contributed by atoms with van der Waals surface area (Å²) in [5.74, 6) is 0.128. The Kier molecular flexibility index (Phi) is 6.06. The van der Waals surface area contributed by atoms with Crippen LogP contribution in [0.3, 0.4) is 0 Å². The molecule has 0 aliphatic heterocycles. The molecule has 0 amide bonds. The quantitative estimate of drug-likeness (QED) is 0.636. The first-order chi connectivity index (χ1) is 13.6. The number of hydrogen-bond acceptors (Lipinski definition) is 6. The minimum Gasteiger partial charge on any atom is -0.497 e. The van der Waals surface area contributed by atoms with Gasteiger partial charge in [0.05, 0.1) is 25.1 Å². The molecule has 0 bridgehead atoms. The molecule has 7 nitrogen and oxygen atoms in total. The second kappa shape index (κ2) is 8.85. The Morgan fingerprint density at radius 1 is 1.11 bits per heavy atom. The van der Waals surface area contributed by atoms with Gasteiger partial charge >= 0.3 is 5.97 Å². The van der Waals surface area contributed by atoms with Crippen LogP contribution < -0.4 is 15.6 Å². The van der Waals surface area contributed by atoms with Crippen molar-refractivity contribution in [1.29, 1.82) is 0 Å². The van der Waals surface area contributed by atoms with Crippen molar-refractivity contribution in [2.24, 2.45) is 0 Å². The van der Waals surface area contributed by atoms with Crippen LogP contribution in [-0.4, -0.2) is 29.5 Å². The number of ether oxygens (including phenoxy) is 2. The molecule has 0 unspecified atom stereocenters. The van der Waals surface area contributed by atoms with Crippen LogP contribution >= 0.6 is 0 Å². The molecule has 7 heteroatoms. The number of aromatic nitrogens is 2. The molecule has 2 aromatic carbocycles. The Morgan fingerprint density at radius 3 is 2.61 bits per heavy atom. The zero-order valence-electron chi connectivity index (χ0n) is 15.7. The lowest BCUT2D eigenvalue weighted by molar-refractivity contribution is 0.0518. The number of carbonyl (C=O) groups excluding carboxylic acids is 1. The van der Waals surface area contributed by atoms with Gasteiger partial charge in [-0.1, -0.05) is 30.3 Å². The van der Waals surface area contributed by atoms with Crippen molar-refractivity contribution in [1.82, 2.24) is 9.78 Å². The van der Waals surface area contributed by atoms with E-state index in [0.29, 0.717) is 17.9 Å². The predicted octanol–water partition coefficient (Wildman–Crippen LogP) is 3.03. The lowest BCUT2D eigenvalue weighted by atomic mass is 10.2. The average Bonchev–Trinajstić information content (AvgIpc) is 2.73. The normalized spacial score (nSPS) is 10.4. The van der Waals surface area contributed by atoms with E-state index in [1.807, 2.05) is 30.3 Å². The molecule has 0 atom stereocenters. The predicted molar refractivity (Wildman–Crippen MR) is 106 cm³/mol. The average molecular weight is 379 g/mol. The van der Waals surface area contributed by atoms with E-state index in [4.69, 9.17) is 9.47 Å². The highest BCUT2D eigenvalue weighted by Crippen LogP contribution is 2.17. The van der Waals surface area contributed by atoms with Crippen molar-refractivity contribution in [2.45, 2.75) is 13.5 Å². The first-order valence-electron chi connectivity index (χ1n) is 8.86. The van der Waals surface area contributed by atoms with Gasteiger partial charge in [-0.05, 0) is 36.8 Å². The first kappa shape index (κ1) is 19.2. The second-order valence-corrected chi connectivity index (χ2v) is 5.92. The van der Waals surface area contributed by atoms with E-state index in [0.717, 1.165) is 11.3 Å². The van der Waals surface area contributed by atoms with Crippen molar-refractivity contribution in [2.75, 3.05) is 19.0 Å². The summed E-state index contributed by atoms with van der Waals surface area (Å²) >= 11 is 0. The molecule has 28 heavy (non-hydrogen) atoms. The van der Waals surface area contributed by atoms with E-state index in [9.17, 15) is 9.59 Å². The molecule has 144 valence electrons. The zero-order chi connectivity index (χ0) is 19.9. The molecule has 0 saturated heterocycles.